The normalized spacial score (nSPS) is 14.1. The van der Waals surface area contributed by atoms with Crippen molar-refractivity contribution < 1.29 is 18.7 Å². The number of benzene rings is 3. The first kappa shape index (κ1) is 21.6. The number of rotatable bonds is 4. The van der Waals surface area contributed by atoms with Crippen LogP contribution >= 0.6 is 0 Å². The minimum absolute atomic E-state index is 0.165. The number of hydrazone groups is 1. The fraction of sp³-hybridized carbons (Fsp3) is 0.179. The van der Waals surface area contributed by atoms with E-state index in [1.165, 1.54) is 0 Å². The van der Waals surface area contributed by atoms with Gasteiger partial charge in [0.05, 0.1) is 5.71 Å². The van der Waals surface area contributed by atoms with Gasteiger partial charge in [0, 0.05) is 23.1 Å². The zero-order chi connectivity index (χ0) is 23.7. The highest BCUT2D eigenvalue weighted by Crippen LogP contribution is 2.31. The van der Waals surface area contributed by atoms with Gasteiger partial charge in [0.15, 0.2) is 0 Å². The molecule has 1 aromatic heterocycles. The van der Waals surface area contributed by atoms with Crippen LogP contribution in [0.3, 0.4) is 0 Å². The lowest BCUT2D eigenvalue weighted by atomic mass is 9.93. The number of aryl methyl sites for hydroxylation is 2. The van der Waals surface area contributed by atoms with Gasteiger partial charge in [0.1, 0.15) is 11.5 Å². The molecule has 1 aliphatic carbocycles. The maximum absolute atomic E-state index is 13.0. The minimum atomic E-state index is -0.550. The summed E-state index contributed by atoms with van der Waals surface area (Å²) in [6, 6.07) is 20.8. The second-order valence-corrected chi connectivity index (χ2v) is 8.42. The number of ether oxygens (including phenoxy) is 1. The Morgan fingerprint density at radius 1 is 0.941 bits per heavy atom. The first-order valence-corrected chi connectivity index (χ1v) is 11.3. The average molecular weight is 453 g/mol. The van der Waals surface area contributed by atoms with Crippen molar-refractivity contribution in [1.29, 1.82) is 0 Å². The fourth-order valence-corrected chi connectivity index (χ4v) is 4.37. The van der Waals surface area contributed by atoms with Crippen LogP contribution in [0.2, 0.25) is 0 Å². The summed E-state index contributed by atoms with van der Waals surface area (Å²) < 4.78 is 11.6. The number of amides is 1. The lowest BCUT2D eigenvalue weighted by Gasteiger charge is -2.13. The van der Waals surface area contributed by atoms with Crippen LogP contribution in [0.1, 0.15) is 56.2 Å². The summed E-state index contributed by atoms with van der Waals surface area (Å²) in [5, 5.41) is 6.46. The number of furan rings is 1. The van der Waals surface area contributed by atoms with Gasteiger partial charge in [-0.2, -0.15) is 5.10 Å². The van der Waals surface area contributed by atoms with E-state index in [-0.39, 0.29) is 11.7 Å². The third-order valence-electron chi connectivity index (χ3n) is 6.12. The summed E-state index contributed by atoms with van der Waals surface area (Å²) in [5.74, 6) is 0.494. The largest absolute Gasteiger partial charge is 0.453 e. The van der Waals surface area contributed by atoms with E-state index in [0.29, 0.717) is 41.2 Å². The average Bonchev–Trinajstić information content (AvgIpc) is 3.20. The minimum Gasteiger partial charge on any atom is -0.453 e. The topological polar surface area (TPSA) is 80.9 Å². The summed E-state index contributed by atoms with van der Waals surface area (Å²) in [6.07, 6.45) is 2.20. The molecule has 6 nitrogen and oxygen atoms in total. The third-order valence-corrected chi connectivity index (χ3v) is 6.12. The van der Waals surface area contributed by atoms with Crippen LogP contribution in [-0.2, 0) is 6.42 Å². The van der Waals surface area contributed by atoms with Crippen LogP contribution in [0.5, 0.6) is 5.75 Å². The van der Waals surface area contributed by atoms with Crippen molar-refractivity contribution in [2.45, 2.75) is 33.1 Å². The number of fused-ring (bicyclic) bond motifs is 2. The standard InChI is InChI=1S/C28H24N2O4/c1-17-8-3-6-11-22(17)27(31)30-29-23-12-7-13-24-25(23)18(2)26(34-24)28(32)33-21-15-14-19-9-4-5-10-20(19)16-21/h3-6,8-11,14-16H,7,12-13H2,1-2H3,(H,30,31)/b29-23+. The predicted molar refractivity (Wildman–Crippen MR) is 130 cm³/mol. The van der Waals surface area contributed by atoms with Crippen LogP contribution < -0.4 is 10.2 Å². The van der Waals surface area contributed by atoms with Crippen LogP contribution in [0, 0.1) is 13.8 Å². The van der Waals surface area contributed by atoms with Crippen LogP contribution in [0.25, 0.3) is 10.8 Å². The monoisotopic (exact) mass is 452 g/mol. The second kappa shape index (κ2) is 8.98. The van der Waals surface area contributed by atoms with Crippen molar-refractivity contribution in [2.24, 2.45) is 5.10 Å². The molecular weight excluding hydrogens is 428 g/mol. The highest BCUT2D eigenvalue weighted by Gasteiger charge is 2.29. The van der Waals surface area contributed by atoms with Crippen molar-refractivity contribution in [3.8, 4) is 5.75 Å². The lowest BCUT2D eigenvalue weighted by Crippen LogP contribution is -2.22. The molecule has 3 aromatic carbocycles. The van der Waals surface area contributed by atoms with E-state index in [2.05, 4.69) is 10.5 Å². The zero-order valence-corrected chi connectivity index (χ0v) is 19.1. The molecule has 0 spiro atoms. The van der Waals surface area contributed by atoms with E-state index in [1.807, 2.05) is 68.4 Å². The molecule has 1 heterocycles. The molecule has 0 aliphatic heterocycles. The number of hydrogen-bond acceptors (Lipinski definition) is 5. The molecule has 0 atom stereocenters. The van der Waals surface area contributed by atoms with E-state index >= 15 is 0 Å². The predicted octanol–water partition coefficient (Wildman–Crippen LogP) is 5.74. The van der Waals surface area contributed by atoms with Crippen molar-refractivity contribution in [2.75, 3.05) is 0 Å². The molecule has 1 amide bonds. The van der Waals surface area contributed by atoms with Crippen LogP contribution in [0.15, 0.2) is 76.2 Å². The Morgan fingerprint density at radius 2 is 1.71 bits per heavy atom. The molecule has 1 aliphatic rings. The molecule has 0 bridgehead atoms. The van der Waals surface area contributed by atoms with Crippen LogP contribution in [0.4, 0.5) is 0 Å². The fourth-order valence-electron chi connectivity index (χ4n) is 4.37. The number of carbonyl (C=O) groups is 2. The number of nitrogens with one attached hydrogen (secondary N) is 1. The third kappa shape index (κ3) is 4.10. The van der Waals surface area contributed by atoms with Gasteiger partial charge in [-0.25, -0.2) is 10.2 Å². The Hall–Kier alpha value is -4.19. The van der Waals surface area contributed by atoms with Gasteiger partial charge in [0.2, 0.25) is 5.76 Å². The molecular formula is C28H24N2O4. The Morgan fingerprint density at radius 3 is 2.53 bits per heavy atom. The molecule has 0 fully saturated rings. The molecule has 34 heavy (non-hydrogen) atoms. The maximum Gasteiger partial charge on any atom is 0.379 e. The van der Waals surface area contributed by atoms with Crippen molar-refractivity contribution >= 4 is 28.4 Å². The molecule has 0 saturated heterocycles. The van der Waals surface area contributed by atoms with Gasteiger partial charge in [-0.15, -0.1) is 0 Å². The molecule has 0 radical (unpaired) electrons. The van der Waals surface area contributed by atoms with Gasteiger partial charge in [-0.1, -0.05) is 48.5 Å². The number of nitrogens with zero attached hydrogens (tertiary/aromatic N) is 1. The van der Waals surface area contributed by atoms with E-state index in [1.54, 1.807) is 12.1 Å². The van der Waals surface area contributed by atoms with Crippen molar-refractivity contribution in [1.82, 2.24) is 5.43 Å². The first-order valence-electron chi connectivity index (χ1n) is 11.3. The molecule has 6 heteroatoms. The number of carbonyl (C=O) groups excluding carboxylic acids is 2. The summed E-state index contributed by atoms with van der Waals surface area (Å²) in [6.45, 7) is 3.71. The molecule has 0 unspecified atom stereocenters. The SMILES string of the molecule is Cc1ccccc1C(=O)N/N=C1\CCCc2oc(C(=O)Oc3ccc4ccccc4c3)c(C)c21. The Bertz CT molecular complexity index is 1450. The Balaban J connectivity index is 1.39. The van der Waals surface area contributed by atoms with Gasteiger partial charge < -0.3 is 9.15 Å². The van der Waals surface area contributed by atoms with Gasteiger partial charge in [0.25, 0.3) is 5.91 Å². The van der Waals surface area contributed by atoms with E-state index in [0.717, 1.165) is 28.3 Å². The highest BCUT2D eigenvalue weighted by atomic mass is 16.5. The van der Waals surface area contributed by atoms with Gasteiger partial charge in [-0.3, -0.25) is 4.79 Å². The molecule has 1 N–H and O–H groups in total. The van der Waals surface area contributed by atoms with E-state index in [9.17, 15) is 9.59 Å². The highest BCUT2D eigenvalue weighted by molar-refractivity contribution is 6.07. The Kier molecular flexibility index (Phi) is 5.72. The lowest BCUT2D eigenvalue weighted by molar-refractivity contribution is 0.0698. The number of hydrogen-bond donors (Lipinski definition) is 1. The van der Waals surface area contributed by atoms with Gasteiger partial charge in [-0.05, 0) is 61.2 Å². The zero-order valence-electron chi connectivity index (χ0n) is 19.1. The molecule has 5 rings (SSSR count). The smallest absolute Gasteiger partial charge is 0.379 e. The summed E-state index contributed by atoms with van der Waals surface area (Å²) >= 11 is 0. The second-order valence-electron chi connectivity index (χ2n) is 8.42. The quantitative estimate of drug-likeness (QED) is 0.243. The van der Waals surface area contributed by atoms with Crippen molar-refractivity contribution in [3.63, 3.8) is 0 Å². The Labute approximate surface area is 197 Å². The van der Waals surface area contributed by atoms with Crippen LogP contribution in [-0.4, -0.2) is 17.6 Å². The van der Waals surface area contributed by atoms with Crippen molar-refractivity contribution in [3.05, 3.63) is 101 Å². The first-order chi connectivity index (χ1) is 16.5. The summed E-state index contributed by atoms with van der Waals surface area (Å²) in [7, 11) is 0. The maximum atomic E-state index is 13.0. The van der Waals surface area contributed by atoms with E-state index in [4.69, 9.17) is 9.15 Å². The molecule has 0 saturated carbocycles. The summed E-state index contributed by atoms with van der Waals surface area (Å²) in [4.78, 5) is 25.6. The molecule has 170 valence electrons. The van der Waals surface area contributed by atoms with Gasteiger partial charge >= 0.3 is 5.97 Å². The summed E-state index contributed by atoms with van der Waals surface area (Å²) in [5.41, 5.74) is 6.27. The molecule has 4 aromatic rings. The van der Waals surface area contributed by atoms with E-state index < -0.39 is 5.97 Å². The number of esters is 1.